The van der Waals surface area contributed by atoms with Crippen LogP contribution in [0.5, 0.6) is 11.5 Å². The Hall–Kier alpha value is -1.75. The van der Waals surface area contributed by atoms with Crippen molar-refractivity contribution in [2.45, 2.75) is 46.7 Å². The van der Waals surface area contributed by atoms with Gasteiger partial charge in [-0.2, -0.15) is 0 Å². The van der Waals surface area contributed by atoms with Gasteiger partial charge in [0.25, 0.3) is 0 Å². The summed E-state index contributed by atoms with van der Waals surface area (Å²) in [5, 5.41) is 3.63. The van der Waals surface area contributed by atoms with Gasteiger partial charge in [-0.3, -0.25) is 4.79 Å². The van der Waals surface area contributed by atoms with E-state index in [1.54, 1.807) is 6.92 Å². The third kappa shape index (κ3) is 4.87. The molecular formula is C19H30N2O3. The number of likely N-dealkylation sites (tertiary alicyclic amines) is 1. The van der Waals surface area contributed by atoms with Gasteiger partial charge in [-0.05, 0) is 43.9 Å². The minimum Gasteiger partial charge on any atom is -0.490 e. The Bertz CT molecular complexity index is 547. The van der Waals surface area contributed by atoms with Crippen LogP contribution in [0.4, 0.5) is 0 Å². The van der Waals surface area contributed by atoms with Crippen LogP contribution in [0.25, 0.3) is 0 Å². The molecule has 1 aromatic carbocycles. The summed E-state index contributed by atoms with van der Waals surface area (Å²) in [6, 6.07) is 6.54. The molecule has 134 valence electrons. The van der Waals surface area contributed by atoms with Gasteiger partial charge in [0.05, 0.1) is 13.2 Å². The molecule has 1 aromatic rings. The van der Waals surface area contributed by atoms with Gasteiger partial charge in [0.15, 0.2) is 11.5 Å². The first-order valence-electron chi connectivity index (χ1n) is 8.92. The van der Waals surface area contributed by atoms with E-state index in [9.17, 15) is 4.79 Å². The van der Waals surface area contributed by atoms with Crippen LogP contribution in [0.1, 0.15) is 39.7 Å². The largest absolute Gasteiger partial charge is 0.490 e. The number of nitrogens with zero attached hydrogens (tertiary/aromatic N) is 1. The predicted molar refractivity (Wildman–Crippen MR) is 95.4 cm³/mol. The molecule has 5 nitrogen and oxygen atoms in total. The lowest BCUT2D eigenvalue weighted by atomic mass is 9.93. The summed E-state index contributed by atoms with van der Waals surface area (Å²) in [6.45, 7) is 11.5. The van der Waals surface area contributed by atoms with Crippen LogP contribution in [0.2, 0.25) is 0 Å². The minimum atomic E-state index is 0.174. The third-order valence-corrected chi connectivity index (χ3v) is 4.53. The van der Waals surface area contributed by atoms with Gasteiger partial charge in [0.2, 0.25) is 5.91 Å². The predicted octanol–water partition coefficient (Wildman–Crippen LogP) is 2.83. The Kier molecular flexibility index (Phi) is 6.91. The summed E-state index contributed by atoms with van der Waals surface area (Å²) >= 11 is 0. The van der Waals surface area contributed by atoms with E-state index in [0.717, 1.165) is 37.6 Å². The first kappa shape index (κ1) is 18.6. The number of hydrogen-bond acceptors (Lipinski definition) is 4. The smallest absolute Gasteiger partial charge is 0.219 e. The normalized spacial score (nSPS) is 20.8. The minimum absolute atomic E-state index is 0.174. The Balaban J connectivity index is 1.94. The maximum absolute atomic E-state index is 11.5. The third-order valence-electron chi connectivity index (χ3n) is 4.53. The lowest BCUT2D eigenvalue weighted by Crippen LogP contribution is -2.49. The molecule has 0 bridgehead atoms. The van der Waals surface area contributed by atoms with Crippen molar-refractivity contribution in [1.29, 1.82) is 0 Å². The van der Waals surface area contributed by atoms with Crippen molar-refractivity contribution in [1.82, 2.24) is 10.2 Å². The maximum Gasteiger partial charge on any atom is 0.219 e. The molecule has 1 saturated heterocycles. The van der Waals surface area contributed by atoms with Gasteiger partial charge in [0.1, 0.15) is 0 Å². The molecule has 2 atom stereocenters. The monoisotopic (exact) mass is 334 g/mol. The molecule has 2 rings (SSSR count). The highest BCUT2D eigenvalue weighted by Gasteiger charge is 2.26. The molecule has 1 N–H and O–H groups in total. The van der Waals surface area contributed by atoms with Gasteiger partial charge in [-0.1, -0.05) is 13.0 Å². The molecular weight excluding hydrogens is 304 g/mol. The molecule has 0 unspecified atom stereocenters. The van der Waals surface area contributed by atoms with Crippen LogP contribution >= 0.6 is 0 Å². The lowest BCUT2D eigenvalue weighted by Gasteiger charge is -2.37. The molecule has 0 aliphatic carbocycles. The van der Waals surface area contributed by atoms with Crippen LogP contribution in [0.3, 0.4) is 0 Å². The Morgan fingerprint density at radius 3 is 2.58 bits per heavy atom. The Morgan fingerprint density at radius 2 is 1.96 bits per heavy atom. The molecule has 0 spiro atoms. The Labute approximate surface area is 145 Å². The summed E-state index contributed by atoms with van der Waals surface area (Å²) in [5.74, 6) is 2.23. The van der Waals surface area contributed by atoms with Crippen molar-refractivity contribution in [3.05, 3.63) is 23.8 Å². The van der Waals surface area contributed by atoms with Crippen molar-refractivity contribution in [3.8, 4) is 11.5 Å². The number of piperidine rings is 1. The van der Waals surface area contributed by atoms with Crippen LogP contribution in [-0.2, 0) is 11.3 Å². The maximum atomic E-state index is 11.5. The van der Waals surface area contributed by atoms with E-state index in [-0.39, 0.29) is 5.91 Å². The number of nitrogens with one attached hydrogen (secondary N) is 1. The number of carbonyl (C=O) groups excluding carboxylic acids is 1. The standard InChI is InChI=1S/C19H30N2O3/c1-5-23-18-8-7-16(11-19(18)24-6-2)12-20-17-9-10-21(15(4)22)13-14(17)3/h7-8,11,14,17,20H,5-6,9-10,12-13H2,1-4H3/t14-,17-/m1/s1. The second-order valence-electron chi connectivity index (χ2n) is 6.37. The molecule has 1 aliphatic rings. The molecule has 1 aliphatic heterocycles. The zero-order valence-corrected chi connectivity index (χ0v) is 15.3. The molecule has 0 radical (unpaired) electrons. The summed E-state index contributed by atoms with van der Waals surface area (Å²) in [5.41, 5.74) is 1.18. The summed E-state index contributed by atoms with van der Waals surface area (Å²) in [4.78, 5) is 13.4. The number of carbonyl (C=O) groups is 1. The molecule has 5 heteroatoms. The summed E-state index contributed by atoms with van der Waals surface area (Å²) in [6.07, 6.45) is 0.996. The number of ether oxygens (including phenoxy) is 2. The number of hydrogen-bond donors (Lipinski definition) is 1. The highest BCUT2D eigenvalue weighted by Crippen LogP contribution is 2.28. The van der Waals surface area contributed by atoms with Crippen molar-refractivity contribution in [2.75, 3.05) is 26.3 Å². The van der Waals surface area contributed by atoms with Crippen LogP contribution in [0, 0.1) is 5.92 Å². The zero-order valence-electron chi connectivity index (χ0n) is 15.3. The van der Waals surface area contributed by atoms with E-state index in [2.05, 4.69) is 24.4 Å². The lowest BCUT2D eigenvalue weighted by molar-refractivity contribution is -0.130. The van der Waals surface area contributed by atoms with Crippen LogP contribution in [0.15, 0.2) is 18.2 Å². The fourth-order valence-corrected chi connectivity index (χ4v) is 3.19. The Morgan fingerprint density at radius 1 is 1.25 bits per heavy atom. The van der Waals surface area contributed by atoms with Gasteiger partial charge in [-0.15, -0.1) is 0 Å². The molecule has 1 fully saturated rings. The zero-order chi connectivity index (χ0) is 17.5. The molecule has 1 heterocycles. The van der Waals surface area contributed by atoms with Crippen LogP contribution in [-0.4, -0.2) is 43.2 Å². The summed E-state index contributed by atoms with van der Waals surface area (Å²) in [7, 11) is 0. The van der Waals surface area contributed by atoms with Crippen molar-refractivity contribution in [2.24, 2.45) is 5.92 Å². The number of rotatable bonds is 7. The fourth-order valence-electron chi connectivity index (χ4n) is 3.19. The fraction of sp³-hybridized carbons (Fsp3) is 0.632. The van der Waals surface area contributed by atoms with E-state index in [1.165, 1.54) is 5.56 Å². The van der Waals surface area contributed by atoms with Gasteiger partial charge >= 0.3 is 0 Å². The number of benzene rings is 1. The molecule has 0 aromatic heterocycles. The SMILES string of the molecule is CCOc1ccc(CN[C@@H]2CCN(C(C)=O)C[C@H]2C)cc1OCC. The van der Waals surface area contributed by atoms with Gasteiger partial charge in [-0.25, -0.2) is 0 Å². The average Bonchev–Trinajstić information content (AvgIpc) is 2.56. The van der Waals surface area contributed by atoms with E-state index in [0.29, 0.717) is 25.2 Å². The van der Waals surface area contributed by atoms with E-state index in [1.807, 2.05) is 24.8 Å². The summed E-state index contributed by atoms with van der Waals surface area (Å²) < 4.78 is 11.3. The highest BCUT2D eigenvalue weighted by atomic mass is 16.5. The average molecular weight is 334 g/mol. The molecule has 1 amide bonds. The first-order chi connectivity index (χ1) is 11.5. The van der Waals surface area contributed by atoms with E-state index in [4.69, 9.17) is 9.47 Å². The first-order valence-corrected chi connectivity index (χ1v) is 8.92. The second kappa shape index (κ2) is 8.92. The highest BCUT2D eigenvalue weighted by molar-refractivity contribution is 5.73. The van der Waals surface area contributed by atoms with Crippen molar-refractivity contribution in [3.63, 3.8) is 0 Å². The topological polar surface area (TPSA) is 50.8 Å². The van der Waals surface area contributed by atoms with E-state index >= 15 is 0 Å². The quantitative estimate of drug-likeness (QED) is 0.833. The molecule has 0 saturated carbocycles. The van der Waals surface area contributed by atoms with E-state index < -0.39 is 0 Å². The van der Waals surface area contributed by atoms with Gasteiger partial charge in [0, 0.05) is 32.6 Å². The van der Waals surface area contributed by atoms with Crippen molar-refractivity contribution < 1.29 is 14.3 Å². The molecule has 24 heavy (non-hydrogen) atoms. The van der Waals surface area contributed by atoms with Crippen LogP contribution < -0.4 is 14.8 Å². The van der Waals surface area contributed by atoms with Crippen molar-refractivity contribution >= 4 is 5.91 Å². The second-order valence-corrected chi connectivity index (χ2v) is 6.37. The van der Waals surface area contributed by atoms with Gasteiger partial charge < -0.3 is 19.7 Å². The number of amides is 1.